The molecule has 1 heterocycles. The predicted octanol–water partition coefficient (Wildman–Crippen LogP) is 2.45. The molecule has 6 heteroatoms. The summed E-state index contributed by atoms with van der Waals surface area (Å²) in [5, 5.41) is 2.71. The monoisotopic (exact) mass is 338 g/mol. The summed E-state index contributed by atoms with van der Waals surface area (Å²) in [6, 6.07) is 12.4. The fraction of sp³-hybridized carbons (Fsp3) is 0.211. The summed E-state index contributed by atoms with van der Waals surface area (Å²) in [7, 11) is 0. The number of benzene rings is 2. The maximum atomic E-state index is 12.4. The van der Waals surface area contributed by atoms with Gasteiger partial charge in [-0.2, -0.15) is 0 Å². The number of amides is 2. The van der Waals surface area contributed by atoms with Crippen LogP contribution in [-0.4, -0.2) is 30.9 Å². The molecule has 0 bridgehead atoms. The summed E-state index contributed by atoms with van der Waals surface area (Å²) >= 11 is 0. The zero-order valence-electron chi connectivity index (χ0n) is 14.0. The normalized spacial score (nSPS) is 13.0. The molecule has 0 aliphatic carbocycles. The second kappa shape index (κ2) is 6.76. The van der Waals surface area contributed by atoms with Gasteiger partial charge in [-0.15, -0.1) is 0 Å². The van der Waals surface area contributed by atoms with E-state index in [0.29, 0.717) is 16.9 Å². The fourth-order valence-corrected chi connectivity index (χ4v) is 2.84. The smallest absolute Gasteiger partial charge is 0.338 e. The molecule has 1 aliphatic heterocycles. The van der Waals surface area contributed by atoms with E-state index in [1.807, 2.05) is 19.9 Å². The molecule has 1 aliphatic rings. The van der Waals surface area contributed by atoms with E-state index in [1.165, 1.54) is 4.90 Å². The summed E-state index contributed by atoms with van der Waals surface area (Å²) < 4.78 is 5.14. The molecule has 1 N–H and O–H groups in total. The highest BCUT2D eigenvalue weighted by molar-refractivity contribution is 6.10. The Kier molecular flexibility index (Phi) is 4.52. The molecule has 0 saturated heterocycles. The molecule has 0 atom stereocenters. The zero-order valence-corrected chi connectivity index (χ0v) is 14.0. The van der Waals surface area contributed by atoms with E-state index in [-0.39, 0.29) is 12.5 Å². The van der Waals surface area contributed by atoms with Crippen LogP contribution in [0.1, 0.15) is 21.5 Å². The number of hydrogen-bond acceptors (Lipinski definition) is 4. The Balaban J connectivity index is 1.70. The van der Waals surface area contributed by atoms with Gasteiger partial charge in [-0.3, -0.25) is 14.5 Å². The molecule has 6 nitrogen and oxygen atoms in total. The maximum Gasteiger partial charge on any atom is 0.338 e. The van der Waals surface area contributed by atoms with Gasteiger partial charge in [0.05, 0.1) is 16.9 Å². The predicted molar refractivity (Wildman–Crippen MR) is 93.6 cm³/mol. The third-order valence-corrected chi connectivity index (χ3v) is 3.86. The lowest BCUT2D eigenvalue weighted by Gasteiger charge is -2.28. The first-order valence-corrected chi connectivity index (χ1v) is 7.89. The first-order chi connectivity index (χ1) is 11.9. The third-order valence-electron chi connectivity index (χ3n) is 3.86. The number of anilines is 2. The number of nitrogens with zero attached hydrogens (tertiary/aromatic N) is 1. The van der Waals surface area contributed by atoms with Crippen LogP contribution in [0, 0.1) is 13.8 Å². The van der Waals surface area contributed by atoms with Crippen molar-refractivity contribution < 1.29 is 19.1 Å². The molecule has 2 amide bonds. The topological polar surface area (TPSA) is 75.7 Å². The molecule has 25 heavy (non-hydrogen) atoms. The van der Waals surface area contributed by atoms with Gasteiger partial charge in [0.15, 0.2) is 6.61 Å². The van der Waals surface area contributed by atoms with Gasteiger partial charge < -0.3 is 10.1 Å². The van der Waals surface area contributed by atoms with Crippen molar-refractivity contribution in [3.8, 4) is 0 Å². The Bertz CT molecular complexity index is 840. The Morgan fingerprint density at radius 3 is 2.52 bits per heavy atom. The summed E-state index contributed by atoms with van der Waals surface area (Å²) in [6.07, 6.45) is 0. The van der Waals surface area contributed by atoms with Crippen LogP contribution >= 0.6 is 0 Å². The number of ether oxygens (including phenoxy) is 1. The van der Waals surface area contributed by atoms with Gasteiger partial charge >= 0.3 is 5.97 Å². The van der Waals surface area contributed by atoms with Gasteiger partial charge in [-0.1, -0.05) is 29.3 Å². The molecule has 0 fully saturated rings. The third kappa shape index (κ3) is 3.68. The van der Waals surface area contributed by atoms with Crippen molar-refractivity contribution in [1.29, 1.82) is 0 Å². The Morgan fingerprint density at radius 2 is 1.80 bits per heavy atom. The number of aryl methyl sites for hydroxylation is 2. The standard InChI is InChI=1S/C19H18N2O4/c1-12-7-13(2)9-14(8-12)19(24)25-11-18(23)21-10-17(22)20-15-5-3-4-6-16(15)21/h3-9H,10-11H2,1-2H3,(H,20,22). The van der Waals surface area contributed by atoms with E-state index in [1.54, 1.807) is 36.4 Å². The molecule has 0 unspecified atom stereocenters. The molecular weight excluding hydrogens is 320 g/mol. The second-order valence-electron chi connectivity index (χ2n) is 6.00. The quantitative estimate of drug-likeness (QED) is 0.872. The zero-order chi connectivity index (χ0) is 18.0. The van der Waals surface area contributed by atoms with Crippen LogP contribution in [0.4, 0.5) is 11.4 Å². The van der Waals surface area contributed by atoms with Gasteiger partial charge in [-0.05, 0) is 38.1 Å². The van der Waals surface area contributed by atoms with E-state index in [9.17, 15) is 14.4 Å². The lowest BCUT2D eigenvalue weighted by atomic mass is 10.1. The molecular formula is C19H18N2O4. The minimum absolute atomic E-state index is 0.100. The van der Waals surface area contributed by atoms with Crippen molar-refractivity contribution in [3.63, 3.8) is 0 Å². The number of esters is 1. The largest absolute Gasteiger partial charge is 0.452 e. The van der Waals surface area contributed by atoms with Crippen LogP contribution in [0.2, 0.25) is 0 Å². The van der Waals surface area contributed by atoms with Gasteiger partial charge in [-0.25, -0.2) is 4.79 Å². The van der Waals surface area contributed by atoms with Gasteiger partial charge in [0.2, 0.25) is 5.91 Å². The summed E-state index contributed by atoms with van der Waals surface area (Å²) in [5.41, 5.74) is 3.45. The van der Waals surface area contributed by atoms with Crippen LogP contribution in [0.5, 0.6) is 0 Å². The maximum absolute atomic E-state index is 12.4. The first kappa shape index (κ1) is 16.7. The molecule has 0 spiro atoms. The molecule has 0 saturated carbocycles. The van der Waals surface area contributed by atoms with Crippen molar-refractivity contribution in [3.05, 3.63) is 59.2 Å². The van der Waals surface area contributed by atoms with E-state index < -0.39 is 18.5 Å². The first-order valence-electron chi connectivity index (χ1n) is 7.89. The van der Waals surface area contributed by atoms with Crippen molar-refractivity contribution in [1.82, 2.24) is 0 Å². The van der Waals surface area contributed by atoms with E-state index in [4.69, 9.17) is 4.74 Å². The van der Waals surface area contributed by atoms with Gasteiger partial charge in [0, 0.05) is 0 Å². The van der Waals surface area contributed by atoms with Crippen LogP contribution in [0.3, 0.4) is 0 Å². The molecule has 128 valence electrons. The lowest BCUT2D eigenvalue weighted by molar-refractivity contribution is -0.124. The Labute approximate surface area is 145 Å². The number of carbonyl (C=O) groups is 3. The van der Waals surface area contributed by atoms with E-state index in [0.717, 1.165) is 11.1 Å². The average molecular weight is 338 g/mol. The SMILES string of the molecule is Cc1cc(C)cc(C(=O)OCC(=O)N2CC(=O)Nc3ccccc32)c1. The number of carbonyl (C=O) groups excluding carboxylic acids is 3. The van der Waals surface area contributed by atoms with Crippen molar-refractivity contribution in [2.75, 3.05) is 23.4 Å². The van der Waals surface area contributed by atoms with Crippen LogP contribution in [0.15, 0.2) is 42.5 Å². The fourth-order valence-electron chi connectivity index (χ4n) is 2.84. The Hall–Kier alpha value is -3.15. The minimum Gasteiger partial charge on any atom is -0.452 e. The summed E-state index contributed by atoms with van der Waals surface area (Å²) in [4.78, 5) is 37.7. The van der Waals surface area contributed by atoms with Crippen LogP contribution < -0.4 is 10.2 Å². The highest BCUT2D eigenvalue weighted by atomic mass is 16.5. The summed E-state index contributed by atoms with van der Waals surface area (Å²) in [6.45, 7) is 3.25. The van der Waals surface area contributed by atoms with Crippen LogP contribution in [0.25, 0.3) is 0 Å². The van der Waals surface area contributed by atoms with Gasteiger partial charge in [0.1, 0.15) is 6.54 Å². The van der Waals surface area contributed by atoms with E-state index >= 15 is 0 Å². The van der Waals surface area contributed by atoms with Crippen molar-refractivity contribution in [2.45, 2.75) is 13.8 Å². The lowest BCUT2D eigenvalue weighted by Crippen LogP contribution is -2.44. The number of nitrogens with one attached hydrogen (secondary N) is 1. The molecule has 0 radical (unpaired) electrons. The molecule has 3 rings (SSSR count). The second-order valence-corrected chi connectivity index (χ2v) is 6.00. The molecule has 0 aromatic heterocycles. The van der Waals surface area contributed by atoms with Crippen molar-refractivity contribution in [2.24, 2.45) is 0 Å². The minimum atomic E-state index is -0.560. The Morgan fingerprint density at radius 1 is 1.12 bits per heavy atom. The number of rotatable bonds is 3. The number of fused-ring (bicyclic) bond motifs is 1. The highest BCUT2D eigenvalue weighted by Crippen LogP contribution is 2.28. The van der Waals surface area contributed by atoms with Gasteiger partial charge in [0.25, 0.3) is 5.91 Å². The molecule has 2 aromatic rings. The number of hydrogen-bond donors (Lipinski definition) is 1. The van der Waals surface area contributed by atoms with Crippen molar-refractivity contribution >= 4 is 29.2 Å². The van der Waals surface area contributed by atoms with Crippen LogP contribution in [-0.2, 0) is 14.3 Å². The van der Waals surface area contributed by atoms with E-state index in [2.05, 4.69) is 5.32 Å². The molecule has 2 aromatic carbocycles. The number of para-hydroxylation sites is 2. The average Bonchev–Trinajstić information content (AvgIpc) is 2.57. The summed E-state index contributed by atoms with van der Waals surface area (Å²) in [5.74, 6) is -1.29. The highest BCUT2D eigenvalue weighted by Gasteiger charge is 2.27.